The summed E-state index contributed by atoms with van der Waals surface area (Å²) in [5, 5.41) is 3.28. The monoisotopic (exact) mass is 273 g/mol. The van der Waals surface area contributed by atoms with Crippen LogP contribution in [-0.4, -0.2) is 68.2 Å². The molecule has 104 valence electrons. The molecular formula is C12H23N3O2S. The first-order chi connectivity index (χ1) is 8.65. The molecule has 3 fully saturated rings. The maximum Gasteiger partial charge on any atom is 0.215 e. The molecule has 3 rings (SSSR count). The fourth-order valence-electron chi connectivity index (χ4n) is 3.47. The fourth-order valence-corrected chi connectivity index (χ4v) is 5.24. The summed E-state index contributed by atoms with van der Waals surface area (Å²) in [7, 11) is -3.06. The van der Waals surface area contributed by atoms with E-state index in [1.807, 2.05) is 0 Å². The van der Waals surface area contributed by atoms with E-state index in [4.69, 9.17) is 0 Å². The Bertz CT molecular complexity index is 392. The zero-order chi connectivity index (χ0) is 12.6. The van der Waals surface area contributed by atoms with E-state index in [1.54, 1.807) is 4.31 Å². The van der Waals surface area contributed by atoms with Gasteiger partial charge in [-0.25, -0.2) is 8.42 Å². The molecule has 0 saturated carbocycles. The molecule has 0 aromatic rings. The molecule has 0 spiro atoms. The summed E-state index contributed by atoms with van der Waals surface area (Å²) in [5.74, 6) is 0.291. The Kier molecular flexibility index (Phi) is 3.62. The lowest BCUT2D eigenvalue weighted by Gasteiger charge is -2.37. The van der Waals surface area contributed by atoms with Gasteiger partial charge in [0.2, 0.25) is 10.0 Å². The molecule has 0 aromatic heterocycles. The van der Waals surface area contributed by atoms with Crippen LogP contribution < -0.4 is 5.32 Å². The molecule has 3 heterocycles. The number of hydrogen-bond donors (Lipinski definition) is 1. The minimum Gasteiger partial charge on any atom is -0.313 e. The van der Waals surface area contributed by atoms with E-state index in [0.29, 0.717) is 18.3 Å². The Labute approximate surface area is 110 Å². The van der Waals surface area contributed by atoms with E-state index in [2.05, 4.69) is 10.2 Å². The lowest BCUT2D eigenvalue weighted by atomic mass is 10.2. The number of hydrogen-bond acceptors (Lipinski definition) is 4. The summed E-state index contributed by atoms with van der Waals surface area (Å²) >= 11 is 0. The predicted molar refractivity (Wildman–Crippen MR) is 71.0 cm³/mol. The van der Waals surface area contributed by atoms with Crippen molar-refractivity contribution in [3.8, 4) is 0 Å². The molecule has 3 aliphatic heterocycles. The van der Waals surface area contributed by atoms with Crippen molar-refractivity contribution in [3.63, 3.8) is 0 Å². The van der Waals surface area contributed by atoms with Gasteiger partial charge in [-0.2, -0.15) is 4.31 Å². The number of sulfonamides is 1. The summed E-state index contributed by atoms with van der Waals surface area (Å²) in [6.07, 6.45) is 4.50. The van der Waals surface area contributed by atoms with Gasteiger partial charge in [0.15, 0.2) is 0 Å². The lowest BCUT2D eigenvalue weighted by Crippen LogP contribution is -2.53. The smallest absolute Gasteiger partial charge is 0.215 e. The number of piperazine rings is 1. The third kappa shape index (κ3) is 2.57. The zero-order valence-corrected chi connectivity index (χ0v) is 11.7. The highest BCUT2D eigenvalue weighted by atomic mass is 32.2. The summed E-state index contributed by atoms with van der Waals surface area (Å²) in [4.78, 5) is 2.44. The van der Waals surface area contributed by atoms with Gasteiger partial charge in [0.1, 0.15) is 0 Å². The van der Waals surface area contributed by atoms with Crippen molar-refractivity contribution in [2.24, 2.45) is 0 Å². The van der Waals surface area contributed by atoms with Crippen LogP contribution in [0.4, 0.5) is 0 Å². The van der Waals surface area contributed by atoms with Crippen molar-refractivity contribution < 1.29 is 8.42 Å². The first-order valence-corrected chi connectivity index (χ1v) is 8.71. The Morgan fingerprint density at radius 3 is 2.78 bits per heavy atom. The molecule has 3 saturated heterocycles. The van der Waals surface area contributed by atoms with Crippen molar-refractivity contribution in [1.82, 2.24) is 14.5 Å². The summed E-state index contributed by atoms with van der Waals surface area (Å²) in [6.45, 7) is 4.45. The minimum absolute atomic E-state index is 0.177. The maximum atomic E-state index is 12.4. The van der Waals surface area contributed by atoms with E-state index in [1.165, 1.54) is 6.42 Å². The van der Waals surface area contributed by atoms with Gasteiger partial charge in [-0.1, -0.05) is 0 Å². The van der Waals surface area contributed by atoms with Crippen molar-refractivity contribution >= 4 is 10.0 Å². The van der Waals surface area contributed by atoms with Crippen molar-refractivity contribution in [2.45, 2.75) is 37.8 Å². The molecule has 0 amide bonds. The van der Waals surface area contributed by atoms with E-state index >= 15 is 0 Å². The molecule has 0 bridgehead atoms. The number of nitrogens with zero attached hydrogens (tertiary/aromatic N) is 2. The van der Waals surface area contributed by atoms with E-state index in [9.17, 15) is 8.42 Å². The second kappa shape index (κ2) is 5.07. The quantitative estimate of drug-likeness (QED) is 0.777. The van der Waals surface area contributed by atoms with Gasteiger partial charge in [-0.3, -0.25) is 4.90 Å². The van der Waals surface area contributed by atoms with Crippen LogP contribution in [0.15, 0.2) is 0 Å². The van der Waals surface area contributed by atoms with Crippen LogP contribution in [0.5, 0.6) is 0 Å². The Morgan fingerprint density at radius 1 is 1.11 bits per heavy atom. The average Bonchev–Trinajstić information content (AvgIpc) is 2.97. The Hall–Kier alpha value is -0.170. The molecular weight excluding hydrogens is 250 g/mol. The fraction of sp³-hybridized carbons (Fsp3) is 1.00. The predicted octanol–water partition coefficient (Wildman–Crippen LogP) is -0.152. The van der Waals surface area contributed by atoms with Crippen molar-refractivity contribution in [1.29, 1.82) is 0 Å². The third-order valence-electron chi connectivity index (χ3n) is 4.52. The van der Waals surface area contributed by atoms with Crippen LogP contribution in [0.3, 0.4) is 0 Å². The van der Waals surface area contributed by atoms with Crippen LogP contribution in [0.25, 0.3) is 0 Å². The third-order valence-corrected chi connectivity index (χ3v) is 6.46. The molecule has 1 N–H and O–H groups in total. The molecule has 0 aliphatic carbocycles. The maximum absolute atomic E-state index is 12.4. The van der Waals surface area contributed by atoms with E-state index in [-0.39, 0.29) is 6.04 Å². The largest absolute Gasteiger partial charge is 0.313 e. The van der Waals surface area contributed by atoms with Crippen LogP contribution >= 0.6 is 0 Å². The van der Waals surface area contributed by atoms with Gasteiger partial charge in [-0.05, 0) is 38.8 Å². The molecule has 6 heteroatoms. The normalized spacial score (nSPS) is 34.9. The van der Waals surface area contributed by atoms with Crippen LogP contribution in [0, 0.1) is 0 Å². The highest BCUT2D eigenvalue weighted by molar-refractivity contribution is 7.89. The van der Waals surface area contributed by atoms with Gasteiger partial charge in [0.25, 0.3) is 0 Å². The van der Waals surface area contributed by atoms with Crippen LogP contribution in [-0.2, 0) is 10.0 Å². The zero-order valence-electron chi connectivity index (χ0n) is 10.8. The minimum atomic E-state index is -3.06. The highest BCUT2D eigenvalue weighted by Gasteiger charge is 2.36. The number of nitrogens with one attached hydrogen (secondary N) is 1. The first-order valence-electron chi connectivity index (χ1n) is 7.10. The molecule has 0 radical (unpaired) electrons. The molecule has 18 heavy (non-hydrogen) atoms. The Morgan fingerprint density at radius 2 is 2.00 bits per heavy atom. The molecule has 3 aliphatic rings. The SMILES string of the molecule is O=S(=O)(CC1CCCN1)N1CCN2CCCC2C1. The van der Waals surface area contributed by atoms with E-state index in [0.717, 1.165) is 45.4 Å². The van der Waals surface area contributed by atoms with Gasteiger partial charge in [0, 0.05) is 31.7 Å². The number of rotatable bonds is 3. The average molecular weight is 273 g/mol. The molecule has 2 atom stereocenters. The van der Waals surface area contributed by atoms with Crippen molar-refractivity contribution in [2.75, 3.05) is 38.5 Å². The molecule has 5 nitrogen and oxygen atoms in total. The second-order valence-corrected chi connectivity index (χ2v) is 7.78. The van der Waals surface area contributed by atoms with E-state index < -0.39 is 10.0 Å². The van der Waals surface area contributed by atoms with Crippen LogP contribution in [0.1, 0.15) is 25.7 Å². The molecule has 0 aromatic carbocycles. The first kappa shape index (κ1) is 12.8. The van der Waals surface area contributed by atoms with Crippen molar-refractivity contribution in [3.05, 3.63) is 0 Å². The van der Waals surface area contributed by atoms with Gasteiger partial charge < -0.3 is 5.32 Å². The topological polar surface area (TPSA) is 52.7 Å². The number of fused-ring (bicyclic) bond motifs is 1. The second-order valence-electron chi connectivity index (χ2n) is 5.76. The highest BCUT2D eigenvalue weighted by Crippen LogP contribution is 2.23. The van der Waals surface area contributed by atoms with Gasteiger partial charge >= 0.3 is 0 Å². The van der Waals surface area contributed by atoms with Gasteiger partial charge in [0.05, 0.1) is 5.75 Å². The summed E-state index contributed by atoms with van der Waals surface area (Å²) in [6, 6.07) is 0.654. The molecule has 2 unspecified atom stereocenters. The summed E-state index contributed by atoms with van der Waals surface area (Å²) < 4.78 is 26.5. The van der Waals surface area contributed by atoms with Gasteiger partial charge in [-0.15, -0.1) is 0 Å². The standard InChI is InChI=1S/C12H23N3O2S/c16-18(17,10-11-3-1-5-13-11)15-8-7-14-6-2-4-12(14)9-15/h11-13H,1-10H2. The lowest BCUT2D eigenvalue weighted by molar-refractivity contribution is 0.158. The Balaban J connectivity index is 1.62. The summed E-state index contributed by atoms with van der Waals surface area (Å²) in [5.41, 5.74) is 0. The van der Waals surface area contributed by atoms with Crippen LogP contribution in [0.2, 0.25) is 0 Å².